The number of nitrogens with zero attached hydrogens (tertiary/aromatic N) is 2. The highest BCUT2D eigenvalue weighted by molar-refractivity contribution is 7.91. The summed E-state index contributed by atoms with van der Waals surface area (Å²) in [5.41, 5.74) is 0.164. The summed E-state index contributed by atoms with van der Waals surface area (Å²) in [6.07, 6.45) is 4.30. The highest BCUT2D eigenvalue weighted by Gasteiger charge is 2.62. The molecule has 17 heteroatoms. The molecule has 1 saturated heterocycles. The van der Waals surface area contributed by atoms with E-state index in [2.05, 4.69) is 27.3 Å². The Morgan fingerprint density at radius 3 is 2.50 bits per heavy atom. The Kier molecular flexibility index (Phi) is 10.7. The van der Waals surface area contributed by atoms with Crippen LogP contribution in [-0.2, 0) is 56.6 Å². The van der Waals surface area contributed by atoms with Crippen molar-refractivity contribution >= 4 is 51.7 Å². The summed E-state index contributed by atoms with van der Waals surface area (Å²) in [6.45, 7) is 10.4. The standard InChI is InChI=1S/C37H48N6O10S/c1-6-24-16-37(24,34(48)41-54(50,51)26-12-13-26)40-32(46)29-15-25-18-43(29)33(47)30(36(3,4)5)39-31(45)28(38-21(2)44)20-52-14-8-11-22-9-7-10-23-17-42(19-27(22)23)35(49)53-25/h6-11,24-26,28-30H,1,12-20H2,2-5H3,(H,38,44)(H,39,45)(H,40,46)(H,41,48)/b11-8-/t24-,25-,28+,29+,30-,37-/m1/s1. The van der Waals surface area contributed by atoms with Crippen LogP contribution in [0.1, 0.15) is 70.1 Å². The highest BCUT2D eigenvalue weighted by atomic mass is 32.2. The molecule has 3 aliphatic heterocycles. The first-order valence-corrected chi connectivity index (χ1v) is 19.7. The largest absolute Gasteiger partial charge is 0.444 e. The molecule has 3 heterocycles. The molecular formula is C37H48N6O10S. The molecule has 0 unspecified atom stereocenters. The molecule has 4 N–H and O–H groups in total. The Hall–Kier alpha value is -4.77. The van der Waals surface area contributed by atoms with E-state index in [4.69, 9.17) is 9.47 Å². The van der Waals surface area contributed by atoms with Gasteiger partial charge >= 0.3 is 6.09 Å². The SMILES string of the molecule is C=C[C@@H]1C[C@]1(NC(=O)[C@@H]1C[C@@H]2CN1C(=O)[C@H](C(C)(C)C)NC(=O)[C@@H](NC(C)=O)COC/C=C\c1cccc3c1CN(C3)C(=O)O2)C(=O)NS(=O)(=O)C1CC1. The number of carbonyl (C=O) groups excluding carboxylic acids is 6. The van der Waals surface area contributed by atoms with E-state index < -0.39 is 92.0 Å². The van der Waals surface area contributed by atoms with Gasteiger partial charge in [-0.15, -0.1) is 6.58 Å². The topological polar surface area (TPSA) is 210 Å². The number of carbonyl (C=O) groups is 6. The number of nitrogens with one attached hydrogen (secondary N) is 4. The Bertz CT molecular complexity index is 1890. The maximum atomic E-state index is 14.6. The van der Waals surface area contributed by atoms with E-state index >= 15 is 0 Å². The van der Waals surface area contributed by atoms with Gasteiger partial charge in [0.15, 0.2) is 0 Å². The minimum absolute atomic E-state index is 0.0906. The molecule has 0 spiro atoms. The average Bonchev–Trinajstić information content (AvgIpc) is 3.99. The van der Waals surface area contributed by atoms with Gasteiger partial charge < -0.3 is 30.3 Å². The summed E-state index contributed by atoms with van der Waals surface area (Å²) < 4.78 is 39.2. The third-order valence-corrected chi connectivity index (χ3v) is 12.4. The molecule has 1 aromatic rings. The Balaban J connectivity index is 1.31. The van der Waals surface area contributed by atoms with E-state index in [0.29, 0.717) is 12.8 Å². The lowest BCUT2D eigenvalue weighted by Crippen LogP contribution is -2.62. The molecule has 0 radical (unpaired) electrons. The zero-order valence-corrected chi connectivity index (χ0v) is 31.7. The molecule has 4 bridgehead atoms. The third-order valence-electron chi connectivity index (χ3n) is 10.5. The molecule has 6 atom stereocenters. The van der Waals surface area contributed by atoms with Crippen molar-refractivity contribution in [2.24, 2.45) is 11.3 Å². The Labute approximate surface area is 314 Å². The second kappa shape index (κ2) is 14.8. The quantitative estimate of drug-likeness (QED) is 0.288. The molecule has 2 aliphatic carbocycles. The first-order valence-electron chi connectivity index (χ1n) is 18.1. The second-order valence-electron chi connectivity index (χ2n) is 15.8. The summed E-state index contributed by atoms with van der Waals surface area (Å²) in [4.78, 5) is 84.5. The molecule has 54 heavy (non-hydrogen) atoms. The van der Waals surface area contributed by atoms with Gasteiger partial charge in [-0.05, 0) is 41.4 Å². The average molecular weight is 769 g/mol. The van der Waals surface area contributed by atoms with Crippen LogP contribution >= 0.6 is 0 Å². The molecule has 6 amide bonds. The summed E-state index contributed by atoms with van der Waals surface area (Å²) >= 11 is 0. The lowest BCUT2D eigenvalue weighted by Gasteiger charge is -2.36. The van der Waals surface area contributed by atoms with Crippen LogP contribution in [0.5, 0.6) is 0 Å². The van der Waals surface area contributed by atoms with Crippen molar-refractivity contribution < 1.29 is 46.7 Å². The molecule has 2 saturated carbocycles. The van der Waals surface area contributed by atoms with Gasteiger partial charge in [-0.25, -0.2) is 13.2 Å². The number of benzene rings is 1. The third kappa shape index (κ3) is 8.16. The van der Waals surface area contributed by atoms with Gasteiger partial charge in [-0.2, -0.15) is 0 Å². The lowest BCUT2D eigenvalue weighted by molar-refractivity contribution is -0.145. The number of amides is 6. The van der Waals surface area contributed by atoms with Gasteiger partial charge in [-0.3, -0.25) is 33.6 Å². The van der Waals surface area contributed by atoms with Crippen molar-refractivity contribution in [3.63, 3.8) is 0 Å². The predicted octanol–water partition coefficient (Wildman–Crippen LogP) is 0.857. The van der Waals surface area contributed by atoms with E-state index in [1.54, 1.807) is 26.8 Å². The number of rotatable bonds is 7. The summed E-state index contributed by atoms with van der Waals surface area (Å²) in [5.74, 6) is -4.08. The minimum atomic E-state index is -3.94. The molecule has 16 nitrogen and oxygen atoms in total. The lowest BCUT2D eigenvalue weighted by atomic mass is 9.85. The fraction of sp³-hybridized carbons (Fsp3) is 0.568. The van der Waals surface area contributed by atoms with Crippen LogP contribution in [-0.4, -0.2) is 109 Å². The zero-order valence-electron chi connectivity index (χ0n) is 30.9. The van der Waals surface area contributed by atoms with E-state index in [-0.39, 0.29) is 45.7 Å². The number of fused-ring (bicyclic) bond motifs is 3. The highest BCUT2D eigenvalue weighted by Crippen LogP contribution is 2.45. The van der Waals surface area contributed by atoms with Crippen molar-refractivity contribution in [2.45, 2.75) is 101 Å². The minimum Gasteiger partial charge on any atom is -0.444 e. The zero-order chi connectivity index (χ0) is 39.2. The number of hydrogen-bond acceptors (Lipinski definition) is 10. The number of hydrogen-bond donors (Lipinski definition) is 4. The fourth-order valence-corrected chi connectivity index (χ4v) is 8.62. The maximum Gasteiger partial charge on any atom is 0.410 e. The normalized spacial score (nSPS) is 29.5. The molecule has 0 aromatic heterocycles. The van der Waals surface area contributed by atoms with E-state index in [1.807, 2.05) is 24.3 Å². The first-order chi connectivity index (χ1) is 25.4. The summed E-state index contributed by atoms with van der Waals surface area (Å²) in [6, 6.07) is 2.02. The molecular weight excluding hydrogens is 721 g/mol. The Morgan fingerprint density at radius 2 is 1.85 bits per heavy atom. The molecule has 3 fully saturated rings. The van der Waals surface area contributed by atoms with Crippen LogP contribution in [0.15, 0.2) is 36.9 Å². The molecule has 6 rings (SSSR count). The monoisotopic (exact) mass is 768 g/mol. The van der Waals surface area contributed by atoms with Gasteiger partial charge in [0.25, 0.3) is 5.91 Å². The van der Waals surface area contributed by atoms with Crippen molar-refractivity contribution in [3.05, 3.63) is 53.6 Å². The van der Waals surface area contributed by atoms with Crippen LogP contribution in [0.3, 0.4) is 0 Å². The van der Waals surface area contributed by atoms with E-state index in [1.165, 1.54) is 22.8 Å². The maximum absolute atomic E-state index is 14.6. The van der Waals surface area contributed by atoms with Gasteiger partial charge in [-0.1, -0.05) is 57.2 Å². The van der Waals surface area contributed by atoms with Crippen LogP contribution in [0.25, 0.3) is 6.08 Å². The van der Waals surface area contributed by atoms with Crippen LogP contribution in [0.4, 0.5) is 4.79 Å². The summed E-state index contributed by atoms with van der Waals surface area (Å²) in [5, 5.41) is 7.38. The van der Waals surface area contributed by atoms with E-state index in [9.17, 15) is 37.2 Å². The van der Waals surface area contributed by atoms with Gasteiger partial charge in [0, 0.05) is 25.8 Å². The second-order valence-corrected chi connectivity index (χ2v) is 17.7. The van der Waals surface area contributed by atoms with Crippen molar-refractivity contribution in [1.29, 1.82) is 0 Å². The van der Waals surface area contributed by atoms with Gasteiger partial charge in [0.1, 0.15) is 29.8 Å². The predicted molar refractivity (Wildman–Crippen MR) is 194 cm³/mol. The van der Waals surface area contributed by atoms with Crippen LogP contribution in [0, 0.1) is 11.3 Å². The number of sulfonamides is 1. The van der Waals surface area contributed by atoms with E-state index in [0.717, 1.165) is 16.7 Å². The summed E-state index contributed by atoms with van der Waals surface area (Å²) in [7, 11) is -3.94. The van der Waals surface area contributed by atoms with Crippen molar-refractivity contribution in [3.8, 4) is 0 Å². The molecule has 5 aliphatic rings. The van der Waals surface area contributed by atoms with Crippen LogP contribution in [0.2, 0.25) is 0 Å². The Morgan fingerprint density at radius 1 is 1.11 bits per heavy atom. The number of ether oxygens (including phenoxy) is 2. The fourth-order valence-electron chi connectivity index (χ4n) is 7.26. The van der Waals surface area contributed by atoms with Gasteiger partial charge in [0.05, 0.1) is 31.6 Å². The van der Waals surface area contributed by atoms with Crippen molar-refractivity contribution in [2.75, 3.05) is 19.8 Å². The smallest absolute Gasteiger partial charge is 0.410 e. The van der Waals surface area contributed by atoms with Crippen LogP contribution < -0.4 is 20.7 Å². The van der Waals surface area contributed by atoms with Crippen molar-refractivity contribution in [1.82, 2.24) is 30.5 Å². The molecule has 1 aromatic carbocycles. The first kappa shape index (κ1) is 38.9. The molecule has 292 valence electrons. The van der Waals surface area contributed by atoms with Gasteiger partial charge in [0.2, 0.25) is 33.7 Å².